The lowest BCUT2D eigenvalue weighted by atomic mass is 9.93. The Hall–Kier alpha value is -1.89. The largest absolute Gasteiger partial charge is 0.493 e. The molecule has 1 heterocycles. The summed E-state index contributed by atoms with van der Waals surface area (Å²) in [5, 5.41) is 1.49. The van der Waals surface area contributed by atoms with Gasteiger partial charge in [-0.25, -0.2) is 0 Å². The number of hydrogen-bond donors (Lipinski definition) is 0. The summed E-state index contributed by atoms with van der Waals surface area (Å²) in [5.74, 6) is 1.11. The Morgan fingerprint density at radius 2 is 1.59 bits per heavy atom. The molecule has 1 aliphatic rings. The maximum Gasteiger partial charge on any atom is 0.313 e. The van der Waals surface area contributed by atoms with Crippen LogP contribution in [0.25, 0.3) is 0 Å². The van der Waals surface area contributed by atoms with E-state index < -0.39 is 10.1 Å². The lowest BCUT2D eigenvalue weighted by molar-refractivity contribution is -0.114. The Balaban J connectivity index is 1.52. The molecule has 0 bridgehead atoms. The van der Waals surface area contributed by atoms with Crippen LogP contribution in [0.15, 0.2) is 53.4 Å². The monoisotopic (exact) mass is 389 g/mol. The van der Waals surface area contributed by atoms with E-state index in [0.717, 1.165) is 16.9 Å². The van der Waals surface area contributed by atoms with Gasteiger partial charge in [0.2, 0.25) is 0 Å². The second-order valence-electron chi connectivity index (χ2n) is 8.30. The van der Waals surface area contributed by atoms with Crippen molar-refractivity contribution in [1.82, 2.24) is 5.06 Å². The van der Waals surface area contributed by atoms with Crippen LogP contribution in [0, 0.1) is 12.3 Å². The molecule has 2 aromatic rings. The van der Waals surface area contributed by atoms with Crippen molar-refractivity contribution in [2.45, 2.75) is 38.5 Å². The highest BCUT2D eigenvalue weighted by atomic mass is 32.2. The Kier molecular flexibility index (Phi) is 5.60. The molecule has 1 fully saturated rings. The van der Waals surface area contributed by atoms with Crippen molar-refractivity contribution in [2.24, 2.45) is 5.41 Å². The predicted octanol–water partition coefficient (Wildman–Crippen LogP) is 4.14. The van der Waals surface area contributed by atoms with Gasteiger partial charge in [0.25, 0.3) is 0 Å². The number of hydroxylamine groups is 2. The smallest absolute Gasteiger partial charge is 0.313 e. The summed E-state index contributed by atoms with van der Waals surface area (Å²) in [5.41, 5.74) is 2.28. The molecule has 0 aromatic heterocycles. The predicted molar refractivity (Wildman–Crippen MR) is 105 cm³/mol. The van der Waals surface area contributed by atoms with Crippen molar-refractivity contribution in [2.75, 3.05) is 19.7 Å². The van der Waals surface area contributed by atoms with Gasteiger partial charge in [-0.3, -0.25) is 0 Å². The van der Waals surface area contributed by atoms with Crippen LogP contribution in [-0.4, -0.2) is 33.2 Å². The molecule has 27 heavy (non-hydrogen) atoms. The van der Waals surface area contributed by atoms with Gasteiger partial charge in [0.1, 0.15) is 5.75 Å². The summed E-state index contributed by atoms with van der Waals surface area (Å²) in [7, 11) is -3.76. The number of rotatable bonds is 6. The maximum absolute atomic E-state index is 12.3. The molecule has 0 radical (unpaired) electrons. The van der Waals surface area contributed by atoms with Crippen LogP contribution >= 0.6 is 0 Å². The normalized spacial score (nSPS) is 16.1. The van der Waals surface area contributed by atoms with Gasteiger partial charge >= 0.3 is 10.1 Å². The van der Waals surface area contributed by atoms with Gasteiger partial charge in [-0.15, -0.1) is 0 Å². The van der Waals surface area contributed by atoms with Crippen LogP contribution in [-0.2, 0) is 14.4 Å². The third-order valence-corrected chi connectivity index (χ3v) is 5.64. The van der Waals surface area contributed by atoms with Crippen LogP contribution in [0.3, 0.4) is 0 Å². The summed E-state index contributed by atoms with van der Waals surface area (Å²) in [6.07, 6.45) is 0. The first-order valence-corrected chi connectivity index (χ1v) is 10.5. The fraction of sp³-hybridized carbons (Fsp3) is 0.429. The highest BCUT2D eigenvalue weighted by molar-refractivity contribution is 7.86. The molecule has 0 spiro atoms. The van der Waals surface area contributed by atoms with E-state index in [1.54, 1.807) is 24.3 Å². The molecule has 5 nitrogen and oxygen atoms in total. The van der Waals surface area contributed by atoms with Gasteiger partial charge < -0.3 is 4.74 Å². The van der Waals surface area contributed by atoms with Gasteiger partial charge in [0.05, 0.1) is 11.5 Å². The first-order valence-electron chi connectivity index (χ1n) is 9.11. The Labute approximate surface area is 162 Å². The van der Waals surface area contributed by atoms with E-state index in [1.165, 1.54) is 5.06 Å². The molecule has 146 valence electrons. The molecule has 6 heteroatoms. The summed E-state index contributed by atoms with van der Waals surface area (Å²) >= 11 is 0. The third-order valence-electron chi connectivity index (χ3n) is 4.38. The number of benzene rings is 2. The van der Waals surface area contributed by atoms with Crippen LogP contribution in [0.1, 0.15) is 37.8 Å². The average molecular weight is 390 g/mol. The first-order chi connectivity index (χ1) is 12.6. The molecule has 1 saturated heterocycles. The summed E-state index contributed by atoms with van der Waals surface area (Å²) in [6.45, 7) is 10.1. The molecule has 0 unspecified atom stereocenters. The fourth-order valence-corrected chi connectivity index (χ4v) is 3.69. The van der Waals surface area contributed by atoms with Crippen molar-refractivity contribution < 1.29 is 17.4 Å². The fourth-order valence-electron chi connectivity index (χ4n) is 2.73. The lowest BCUT2D eigenvalue weighted by Crippen LogP contribution is -2.45. The quantitative estimate of drug-likeness (QED) is 0.743. The summed E-state index contributed by atoms with van der Waals surface area (Å²) in [4.78, 5) is 0.178. The molecule has 0 N–H and O–H groups in total. The van der Waals surface area contributed by atoms with Crippen molar-refractivity contribution >= 4 is 10.1 Å². The Morgan fingerprint density at radius 1 is 1.00 bits per heavy atom. The molecule has 3 rings (SSSR count). The molecule has 0 amide bonds. The van der Waals surface area contributed by atoms with E-state index in [0.29, 0.717) is 19.7 Å². The second-order valence-corrected chi connectivity index (χ2v) is 9.83. The number of nitrogens with zero attached hydrogens (tertiary/aromatic N) is 1. The zero-order valence-corrected chi connectivity index (χ0v) is 17.1. The molecular formula is C21H27NO4S. The average Bonchev–Trinajstić information content (AvgIpc) is 2.56. The van der Waals surface area contributed by atoms with E-state index in [-0.39, 0.29) is 16.2 Å². The van der Waals surface area contributed by atoms with Gasteiger partial charge in [-0.2, -0.15) is 17.8 Å². The zero-order chi connectivity index (χ0) is 19.7. The van der Waals surface area contributed by atoms with Crippen LogP contribution in [0.4, 0.5) is 0 Å². The Bertz CT molecular complexity index is 862. The van der Waals surface area contributed by atoms with Crippen LogP contribution in [0.2, 0.25) is 0 Å². The number of ether oxygens (including phenoxy) is 1. The van der Waals surface area contributed by atoms with Gasteiger partial charge in [0, 0.05) is 19.0 Å². The summed E-state index contributed by atoms with van der Waals surface area (Å²) in [6, 6.07) is 14.7. The number of hydrogen-bond acceptors (Lipinski definition) is 5. The highest BCUT2D eigenvalue weighted by Gasteiger charge is 2.33. The topological polar surface area (TPSA) is 55.8 Å². The zero-order valence-electron chi connectivity index (χ0n) is 16.3. The first kappa shape index (κ1) is 19.9. The molecular weight excluding hydrogens is 362 g/mol. The van der Waals surface area contributed by atoms with Crippen molar-refractivity contribution in [3.8, 4) is 5.75 Å². The molecule has 0 aliphatic carbocycles. The van der Waals surface area contributed by atoms with Crippen molar-refractivity contribution in [3.05, 3.63) is 59.7 Å². The van der Waals surface area contributed by atoms with Gasteiger partial charge in [-0.1, -0.05) is 50.6 Å². The van der Waals surface area contributed by atoms with Crippen LogP contribution in [0.5, 0.6) is 5.75 Å². The molecule has 2 aromatic carbocycles. The SMILES string of the molecule is Cc1ccc(S(=O)(=O)ON2CC(c3ccc(OCC(C)(C)C)cc3)C2)cc1. The van der Waals surface area contributed by atoms with Crippen molar-refractivity contribution in [3.63, 3.8) is 0 Å². The standard InChI is InChI=1S/C21H27NO4S/c1-16-5-11-20(12-6-16)27(23,24)26-22-13-18(14-22)17-7-9-19(10-8-17)25-15-21(2,3)4/h5-12,18H,13-15H2,1-4H3. The third kappa shape index (κ3) is 5.31. The van der Waals surface area contributed by atoms with E-state index in [1.807, 2.05) is 31.2 Å². The molecule has 0 saturated carbocycles. The lowest BCUT2D eigenvalue weighted by Gasteiger charge is -2.37. The maximum atomic E-state index is 12.3. The van der Waals surface area contributed by atoms with E-state index in [4.69, 9.17) is 9.02 Å². The van der Waals surface area contributed by atoms with Crippen LogP contribution < -0.4 is 4.74 Å². The minimum Gasteiger partial charge on any atom is -0.493 e. The molecule has 1 aliphatic heterocycles. The van der Waals surface area contributed by atoms with E-state index in [9.17, 15) is 8.42 Å². The second kappa shape index (κ2) is 7.62. The summed E-state index contributed by atoms with van der Waals surface area (Å²) < 4.78 is 35.6. The van der Waals surface area contributed by atoms with Crippen molar-refractivity contribution in [1.29, 1.82) is 0 Å². The van der Waals surface area contributed by atoms with Gasteiger partial charge in [-0.05, 0) is 42.2 Å². The minimum atomic E-state index is -3.76. The number of aryl methyl sites for hydroxylation is 1. The minimum absolute atomic E-state index is 0.118. The highest BCUT2D eigenvalue weighted by Crippen LogP contribution is 2.30. The van der Waals surface area contributed by atoms with E-state index >= 15 is 0 Å². The van der Waals surface area contributed by atoms with E-state index in [2.05, 4.69) is 20.8 Å². The molecule has 0 atom stereocenters. The Morgan fingerprint density at radius 3 is 2.15 bits per heavy atom. The van der Waals surface area contributed by atoms with Gasteiger partial charge in [0.15, 0.2) is 0 Å².